The summed E-state index contributed by atoms with van der Waals surface area (Å²) in [5.74, 6) is 1.75. The Bertz CT molecular complexity index is 518. The Morgan fingerprint density at radius 1 is 1.32 bits per heavy atom. The average Bonchev–Trinajstić information content (AvgIpc) is 3.16. The molecule has 0 radical (unpaired) electrons. The van der Waals surface area contributed by atoms with Crippen molar-refractivity contribution in [2.75, 3.05) is 6.54 Å². The maximum Gasteiger partial charge on any atom is 0.173 e. The minimum Gasteiger partial charge on any atom is -0.307 e. The summed E-state index contributed by atoms with van der Waals surface area (Å²) in [4.78, 5) is 0. The monoisotopic (exact) mass is 257 g/mol. The second-order valence-corrected chi connectivity index (χ2v) is 5.10. The van der Waals surface area contributed by atoms with Gasteiger partial charge in [-0.15, -0.1) is 5.10 Å². The predicted octanol–water partition coefficient (Wildman–Crippen LogP) is 2.11. The smallest absolute Gasteiger partial charge is 0.173 e. The van der Waals surface area contributed by atoms with Gasteiger partial charge in [0.25, 0.3) is 0 Å². The third kappa shape index (κ3) is 2.81. The molecule has 1 N–H and O–H groups in total. The van der Waals surface area contributed by atoms with E-state index in [1.165, 1.54) is 12.8 Å². The van der Waals surface area contributed by atoms with Gasteiger partial charge >= 0.3 is 0 Å². The van der Waals surface area contributed by atoms with Crippen LogP contribution in [0.2, 0.25) is 0 Å². The van der Waals surface area contributed by atoms with Crippen molar-refractivity contribution < 1.29 is 0 Å². The van der Waals surface area contributed by atoms with E-state index in [9.17, 15) is 0 Å². The van der Waals surface area contributed by atoms with Gasteiger partial charge in [0, 0.05) is 0 Å². The average molecular weight is 257 g/mol. The van der Waals surface area contributed by atoms with E-state index < -0.39 is 0 Å². The standard InChI is InChI=1S/C14H19N5/c1-2-13(15-10-11-8-9-11)14-16-17-18-19(14)12-6-4-3-5-7-12/h3-7,11,13,15H,2,8-10H2,1H3/t13-/m0/s1. The van der Waals surface area contributed by atoms with Crippen LogP contribution in [-0.2, 0) is 0 Å². The van der Waals surface area contributed by atoms with Crippen molar-refractivity contribution in [2.24, 2.45) is 5.92 Å². The van der Waals surface area contributed by atoms with E-state index >= 15 is 0 Å². The molecule has 0 saturated heterocycles. The first-order valence-electron chi connectivity index (χ1n) is 6.95. The van der Waals surface area contributed by atoms with Crippen LogP contribution >= 0.6 is 0 Å². The van der Waals surface area contributed by atoms with Crippen LogP contribution in [0.25, 0.3) is 5.69 Å². The van der Waals surface area contributed by atoms with Gasteiger partial charge in [0.15, 0.2) is 5.82 Å². The zero-order valence-corrected chi connectivity index (χ0v) is 11.2. The Hall–Kier alpha value is -1.75. The van der Waals surface area contributed by atoms with Crippen molar-refractivity contribution in [1.82, 2.24) is 25.5 Å². The number of hydrogen-bond acceptors (Lipinski definition) is 4. The molecule has 0 amide bonds. The predicted molar refractivity (Wildman–Crippen MR) is 72.9 cm³/mol. The summed E-state index contributed by atoms with van der Waals surface area (Å²) >= 11 is 0. The molecule has 100 valence electrons. The molecule has 19 heavy (non-hydrogen) atoms. The maximum absolute atomic E-state index is 4.20. The van der Waals surface area contributed by atoms with E-state index in [0.717, 1.165) is 30.4 Å². The molecule has 1 heterocycles. The van der Waals surface area contributed by atoms with Crippen molar-refractivity contribution >= 4 is 0 Å². The molecule has 1 saturated carbocycles. The fraction of sp³-hybridized carbons (Fsp3) is 0.500. The lowest BCUT2D eigenvalue weighted by molar-refractivity contribution is 0.471. The first kappa shape index (κ1) is 12.3. The number of rotatable bonds is 6. The van der Waals surface area contributed by atoms with Crippen molar-refractivity contribution in [3.63, 3.8) is 0 Å². The van der Waals surface area contributed by atoms with Gasteiger partial charge in [-0.1, -0.05) is 25.1 Å². The third-order valence-corrected chi connectivity index (χ3v) is 3.56. The molecule has 1 fully saturated rings. The van der Waals surface area contributed by atoms with Crippen molar-refractivity contribution in [3.05, 3.63) is 36.2 Å². The van der Waals surface area contributed by atoms with Gasteiger partial charge in [0.05, 0.1) is 11.7 Å². The minimum absolute atomic E-state index is 0.218. The van der Waals surface area contributed by atoms with Gasteiger partial charge in [-0.3, -0.25) is 0 Å². The fourth-order valence-corrected chi connectivity index (χ4v) is 2.21. The van der Waals surface area contributed by atoms with Crippen molar-refractivity contribution in [3.8, 4) is 5.69 Å². The Labute approximate surface area is 113 Å². The van der Waals surface area contributed by atoms with Gasteiger partial charge < -0.3 is 5.32 Å². The van der Waals surface area contributed by atoms with E-state index in [0.29, 0.717) is 0 Å². The molecule has 1 aliphatic carbocycles. The number of hydrogen-bond donors (Lipinski definition) is 1. The van der Waals surface area contributed by atoms with Crippen molar-refractivity contribution in [1.29, 1.82) is 0 Å². The number of benzene rings is 1. The summed E-state index contributed by atoms with van der Waals surface area (Å²) in [6.45, 7) is 3.23. The van der Waals surface area contributed by atoms with Gasteiger partial charge in [-0.2, -0.15) is 4.68 Å². The van der Waals surface area contributed by atoms with Gasteiger partial charge in [0.2, 0.25) is 0 Å². The molecule has 1 atom stereocenters. The molecule has 1 aromatic carbocycles. The molecule has 1 aliphatic rings. The SMILES string of the molecule is CC[C@H](NCC1CC1)c1nnnn1-c1ccccc1. The van der Waals surface area contributed by atoms with Gasteiger partial charge in [0.1, 0.15) is 0 Å². The second kappa shape index (κ2) is 5.48. The first-order chi connectivity index (χ1) is 9.38. The lowest BCUT2D eigenvalue weighted by atomic mass is 10.2. The van der Waals surface area contributed by atoms with E-state index in [1.54, 1.807) is 0 Å². The van der Waals surface area contributed by atoms with E-state index in [-0.39, 0.29) is 6.04 Å². The Morgan fingerprint density at radius 3 is 2.79 bits per heavy atom. The summed E-state index contributed by atoms with van der Waals surface area (Å²) in [6, 6.07) is 10.3. The van der Waals surface area contributed by atoms with Gasteiger partial charge in [-0.25, -0.2) is 0 Å². The van der Waals surface area contributed by atoms with Crippen LogP contribution in [-0.4, -0.2) is 26.8 Å². The molecule has 0 aliphatic heterocycles. The van der Waals surface area contributed by atoms with Gasteiger partial charge in [-0.05, 0) is 54.3 Å². The lowest BCUT2D eigenvalue weighted by Crippen LogP contribution is -2.26. The number of para-hydroxylation sites is 1. The van der Waals surface area contributed by atoms with Crippen LogP contribution < -0.4 is 5.32 Å². The largest absolute Gasteiger partial charge is 0.307 e. The number of tetrazole rings is 1. The first-order valence-corrected chi connectivity index (χ1v) is 6.95. The number of nitrogens with zero attached hydrogens (tertiary/aromatic N) is 4. The topological polar surface area (TPSA) is 55.6 Å². The summed E-state index contributed by atoms with van der Waals surface area (Å²) in [5.41, 5.74) is 1.01. The molecule has 5 nitrogen and oxygen atoms in total. The molecule has 0 bridgehead atoms. The normalized spacial score (nSPS) is 16.5. The lowest BCUT2D eigenvalue weighted by Gasteiger charge is -2.16. The Kier molecular flexibility index (Phi) is 3.55. The molecular formula is C14H19N5. The summed E-state index contributed by atoms with van der Waals surface area (Å²) in [7, 11) is 0. The molecule has 1 aromatic heterocycles. The van der Waals surface area contributed by atoms with E-state index in [1.807, 2.05) is 35.0 Å². The second-order valence-electron chi connectivity index (χ2n) is 5.10. The van der Waals surface area contributed by atoms with Crippen LogP contribution in [0.5, 0.6) is 0 Å². The van der Waals surface area contributed by atoms with Crippen LogP contribution in [0.15, 0.2) is 30.3 Å². The maximum atomic E-state index is 4.20. The van der Waals surface area contributed by atoms with E-state index in [2.05, 4.69) is 27.8 Å². The highest BCUT2D eigenvalue weighted by atomic mass is 15.5. The highest BCUT2D eigenvalue weighted by molar-refractivity contribution is 5.30. The summed E-state index contributed by atoms with van der Waals surface area (Å²) in [6.07, 6.45) is 3.69. The molecular weight excluding hydrogens is 238 g/mol. The molecule has 3 rings (SSSR count). The molecule has 5 heteroatoms. The molecule has 0 unspecified atom stereocenters. The minimum atomic E-state index is 0.218. The molecule has 2 aromatic rings. The van der Waals surface area contributed by atoms with E-state index in [4.69, 9.17) is 0 Å². The third-order valence-electron chi connectivity index (χ3n) is 3.56. The van der Waals surface area contributed by atoms with Crippen LogP contribution in [0.4, 0.5) is 0 Å². The Morgan fingerprint density at radius 2 is 2.11 bits per heavy atom. The molecule has 0 spiro atoms. The highest BCUT2D eigenvalue weighted by Gasteiger charge is 2.24. The quantitative estimate of drug-likeness (QED) is 0.861. The Balaban J connectivity index is 1.81. The number of nitrogens with one attached hydrogen (secondary N) is 1. The summed E-state index contributed by atoms with van der Waals surface area (Å²) < 4.78 is 1.83. The zero-order valence-electron chi connectivity index (χ0n) is 11.2. The number of aromatic nitrogens is 4. The summed E-state index contributed by atoms with van der Waals surface area (Å²) in [5, 5.41) is 15.7. The zero-order chi connectivity index (χ0) is 13.1. The van der Waals surface area contributed by atoms with Crippen LogP contribution in [0.3, 0.4) is 0 Å². The highest BCUT2D eigenvalue weighted by Crippen LogP contribution is 2.29. The van der Waals surface area contributed by atoms with Crippen LogP contribution in [0, 0.1) is 5.92 Å². The van der Waals surface area contributed by atoms with Crippen molar-refractivity contribution in [2.45, 2.75) is 32.2 Å². The fourth-order valence-electron chi connectivity index (χ4n) is 2.21. The van der Waals surface area contributed by atoms with Crippen LogP contribution in [0.1, 0.15) is 38.1 Å².